The Kier molecular flexibility index (Phi) is 3.93. The number of rotatable bonds is 4. The van der Waals surface area contributed by atoms with E-state index in [4.69, 9.17) is 17.4 Å². The minimum atomic E-state index is -3.62. The number of aromatic nitrogens is 3. The van der Waals surface area contributed by atoms with Gasteiger partial charge in [0.1, 0.15) is 5.82 Å². The molecule has 0 aliphatic heterocycles. The van der Waals surface area contributed by atoms with Crippen molar-refractivity contribution in [3.05, 3.63) is 46.7 Å². The molecule has 0 fully saturated rings. The molecule has 2 aromatic heterocycles. The van der Waals surface area contributed by atoms with Crippen molar-refractivity contribution >= 4 is 32.5 Å². The van der Waals surface area contributed by atoms with Crippen LogP contribution in [0.5, 0.6) is 0 Å². The van der Waals surface area contributed by atoms with Gasteiger partial charge in [-0.3, -0.25) is 10.5 Å². The summed E-state index contributed by atoms with van der Waals surface area (Å²) in [5.41, 5.74) is 2.15. The lowest BCUT2D eigenvalue weighted by atomic mass is 10.2. The summed E-state index contributed by atoms with van der Waals surface area (Å²) in [5, 5.41) is 5.95. The van der Waals surface area contributed by atoms with Crippen LogP contribution in [-0.4, -0.2) is 22.8 Å². The second-order valence-corrected chi connectivity index (χ2v) is 7.47. The average Bonchev–Trinajstić information content (AvgIpc) is 3.00. The number of hydrogen-bond acceptors (Lipinski definition) is 4. The predicted molar refractivity (Wildman–Crippen MR) is 89.7 cm³/mol. The predicted octanol–water partition coefficient (Wildman–Crippen LogP) is 1.62. The molecule has 0 aliphatic carbocycles. The van der Waals surface area contributed by atoms with Gasteiger partial charge >= 0.3 is 0 Å². The highest BCUT2D eigenvalue weighted by Crippen LogP contribution is 2.27. The first-order chi connectivity index (χ1) is 10.8. The molecule has 0 saturated heterocycles. The van der Waals surface area contributed by atoms with Crippen LogP contribution in [0.2, 0.25) is 5.02 Å². The average molecular weight is 354 g/mol. The second kappa shape index (κ2) is 5.64. The number of hydrogen-bond donors (Lipinski definition) is 2. The van der Waals surface area contributed by atoms with E-state index in [-0.39, 0.29) is 5.75 Å². The Morgan fingerprint density at radius 1 is 1.35 bits per heavy atom. The van der Waals surface area contributed by atoms with Gasteiger partial charge in [-0.15, -0.1) is 0 Å². The largest absolute Gasteiger partial charge is 0.301 e. The fraction of sp³-hybridized carbons (Fsp3) is 0.214. The summed E-state index contributed by atoms with van der Waals surface area (Å²) in [6.45, 7) is 1.77. The van der Waals surface area contributed by atoms with E-state index in [2.05, 4.69) is 5.10 Å². The van der Waals surface area contributed by atoms with E-state index in [1.807, 2.05) is 33.8 Å². The molecule has 3 aromatic rings. The van der Waals surface area contributed by atoms with E-state index < -0.39 is 10.0 Å². The molecule has 0 unspecified atom stereocenters. The maximum absolute atomic E-state index is 11.9. The zero-order valence-corrected chi connectivity index (χ0v) is 14.2. The molecule has 1 aromatic carbocycles. The van der Waals surface area contributed by atoms with Crippen molar-refractivity contribution in [1.82, 2.24) is 19.2 Å². The maximum Gasteiger partial charge on any atom is 0.228 e. The number of nitrogens with zero attached hydrogens (tertiary/aromatic N) is 3. The number of fused-ring (bicyclic) bond motifs is 1. The molecule has 0 aliphatic rings. The van der Waals surface area contributed by atoms with Crippen LogP contribution in [0.25, 0.3) is 16.7 Å². The molecule has 23 heavy (non-hydrogen) atoms. The fourth-order valence-corrected chi connectivity index (χ4v) is 3.67. The minimum Gasteiger partial charge on any atom is -0.301 e. The second-order valence-electron chi connectivity index (χ2n) is 5.28. The van der Waals surface area contributed by atoms with Crippen LogP contribution in [-0.2, 0) is 22.8 Å². The number of nitrogens with one attached hydrogen (secondary N) is 1. The monoisotopic (exact) mass is 353 g/mol. The maximum atomic E-state index is 11.9. The van der Waals surface area contributed by atoms with Gasteiger partial charge in [-0.05, 0) is 31.2 Å². The van der Waals surface area contributed by atoms with E-state index in [1.165, 1.54) is 0 Å². The Morgan fingerprint density at radius 2 is 2.09 bits per heavy atom. The van der Waals surface area contributed by atoms with E-state index in [1.54, 1.807) is 24.7 Å². The fourth-order valence-electron chi connectivity index (χ4n) is 2.69. The third-order valence-electron chi connectivity index (χ3n) is 3.71. The highest BCUT2D eigenvalue weighted by molar-refractivity contribution is 7.88. The third-order valence-corrected chi connectivity index (χ3v) is 4.97. The molecule has 7 nitrogen and oxygen atoms in total. The number of sulfonamides is 1. The number of aryl methyl sites for hydroxylation is 2. The van der Waals surface area contributed by atoms with Crippen LogP contribution in [0.1, 0.15) is 11.3 Å². The first-order valence-electron chi connectivity index (χ1n) is 6.82. The van der Waals surface area contributed by atoms with Gasteiger partial charge in [-0.2, -0.15) is 9.93 Å². The van der Waals surface area contributed by atoms with Gasteiger partial charge < -0.3 is 4.57 Å². The highest BCUT2D eigenvalue weighted by atomic mass is 35.5. The smallest absolute Gasteiger partial charge is 0.228 e. The molecule has 0 amide bonds. The van der Waals surface area contributed by atoms with Gasteiger partial charge in [0, 0.05) is 29.2 Å². The molecule has 0 spiro atoms. The molecule has 0 atom stereocenters. The molecule has 0 saturated carbocycles. The third kappa shape index (κ3) is 2.86. The normalized spacial score (nSPS) is 12.2. The standard InChI is InChI=1S/C14H16ClN5O2S/c1-9-12(8-23(21,22)18-16)14(19(2)17-9)20-6-5-10-7-11(15)3-4-13(10)20/h3-7,18H,8,16H2,1-2H3. The van der Waals surface area contributed by atoms with Crippen molar-refractivity contribution in [3.8, 4) is 5.82 Å². The number of halogens is 1. The Hall–Kier alpha value is -1.87. The van der Waals surface area contributed by atoms with E-state index in [0.29, 0.717) is 22.1 Å². The number of benzene rings is 1. The molecule has 2 heterocycles. The van der Waals surface area contributed by atoms with Gasteiger partial charge in [-0.1, -0.05) is 11.6 Å². The summed E-state index contributed by atoms with van der Waals surface area (Å²) in [4.78, 5) is 1.85. The lowest BCUT2D eigenvalue weighted by Gasteiger charge is -2.10. The van der Waals surface area contributed by atoms with Crippen molar-refractivity contribution in [2.75, 3.05) is 0 Å². The topological polar surface area (TPSA) is 94.9 Å². The van der Waals surface area contributed by atoms with Crippen LogP contribution in [0.3, 0.4) is 0 Å². The molecule has 0 radical (unpaired) electrons. The molecule has 9 heteroatoms. The van der Waals surface area contributed by atoms with Gasteiger partial charge in [0.2, 0.25) is 10.0 Å². The van der Waals surface area contributed by atoms with Crippen molar-refractivity contribution in [3.63, 3.8) is 0 Å². The van der Waals surface area contributed by atoms with Gasteiger partial charge in [0.25, 0.3) is 0 Å². The van der Waals surface area contributed by atoms with Gasteiger partial charge in [-0.25, -0.2) is 8.42 Å². The van der Waals surface area contributed by atoms with Crippen molar-refractivity contribution < 1.29 is 8.42 Å². The van der Waals surface area contributed by atoms with Crippen LogP contribution in [0.15, 0.2) is 30.5 Å². The van der Waals surface area contributed by atoms with Gasteiger partial charge in [0.15, 0.2) is 0 Å². The Balaban J connectivity index is 2.23. The lowest BCUT2D eigenvalue weighted by Crippen LogP contribution is -2.31. The van der Waals surface area contributed by atoms with Crippen molar-refractivity contribution in [2.45, 2.75) is 12.7 Å². The van der Waals surface area contributed by atoms with Crippen molar-refractivity contribution in [1.29, 1.82) is 0 Å². The van der Waals surface area contributed by atoms with Crippen molar-refractivity contribution in [2.24, 2.45) is 12.9 Å². The lowest BCUT2D eigenvalue weighted by molar-refractivity contribution is 0.583. The summed E-state index contributed by atoms with van der Waals surface area (Å²) in [6.07, 6.45) is 1.86. The number of hydrazine groups is 1. The Bertz CT molecular complexity index is 990. The summed E-state index contributed by atoms with van der Waals surface area (Å²) < 4.78 is 27.3. The molecule has 3 rings (SSSR count). The molecule has 0 bridgehead atoms. The van der Waals surface area contributed by atoms with Gasteiger partial charge in [0.05, 0.1) is 17.0 Å². The zero-order valence-electron chi connectivity index (χ0n) is 12.6. The molecule has 122 valence electrons. The zero-order chi connectivity index (χ0) is 16.8. The Morgan fingerprint density at radius 3 is 2.78 bits per heavy atom. The summed E-state index contributed by atoms with van der Waals surface area (Å²) in [7, 11) is -1.84. The number of nitrogens with two attached hydrogens (primary N) is 1. The highest BCUT2D eigenvalue weighted by Gasteiger charge is 2.21. The summed E-state index contributed by atoms with van der Waals surface area (Å²) in [6, 6.07) is 7.46. The first kappa shape index (κ1) is 16.0. The quantitative estimate of drug-likeness (QED) is 0.550. The molecule has 3 N–H and O–H groups in total. The molecular formula is C14H16ClN5O2S. The molecular weight excluding hydrogens is 338 g/mol. The first-order valence-corrected chi connectivity index (χ1v) is 8.85. The summed E-state index contributed by atoms with van der Waals surface area (Å²) >= 11 is 6.02. The van der Waals surface area contributed by atoms with Crippen LogP contribution >= 0.6 is 11.6 Å². The minimum absolute atomic E-state index is 0.244. The Labute approximate surface area is 138 Å². The van der Waals surface area contributed by atoms with E-state index >= 15 is 0 Å². The van der Waals surface area contributed by atoms with E-state index in [9.17, 15) is 8.42 Å². The van der Waals surface area contributed by atoms with E-state index in [0.717, 1.165) is 10.9 Å². The SMILES string of the molecule is Cc1nn(C)c(-n2ccc3cc(Cl)ccc32)c1CS(=O)(=O)NN. The summed E-state index contributed by atoms with van der Waals surface area (Å²) in [5.74, 6) is 5.54. The van der Waals surface area contributed by atoms with Crippen LogP contribution in [0, 0.1) is 6.92 Å². The van der Waals surface area contributed by atoms with Crippen LogP contribution in [0.4, 0.5) is 0 Å². The van der Waals surface area contributed by atoms with Crippen LogP contribution < -0.4 is 10.7 Å².